The average molecular weight is 218 g/mol. The summed E-state index contributed by atoms with van der Waals surface area (Å²) in [5.74, 6) is 0.517. The van der Waals surface area contributed by atoms with Crippen molar-refractivity contribution in [3.63, 3.8) is 0 Å². The van der Waals surface area contributed by atoms with E-state index in [0.29, 0.717) is 5.82 Å². The SMILES string of the molecule is CC(NS(=O)(=O)CCN)c1ncc[nH]1. The lowest BCUT2D eigenvalue weighted by molar-refractivity contribution is 0.561. The van der Waals surface area contributed by atoms with Gasteiger partial charge in [0.15, 0.2) is 0 Å². The molecule has 6 nitrogen and oxygen atoms in total. The Balaban J connectivity index is 2.61. The van der Waals surface area contributed by atoms with Crippen molar-refractivity contribution >= 4 is 10.0 Å². The van der Waals surface area contributed by atoms with E-state index in [9.17, 15) is 8.42 Å². The number of aromatic nitrogens is 2. The van der Waals surface area contributed by atoms with Crippen molar-refractivity contribution in [1.82, 2.24) is 14.7 Å². The molecule has 1 atom stereocenters. The van der Waals surface area contributed by atoms with Gasteiger partial charge in [-0.15, -0.1) is 0 Å². The standard InChI is InChI=1S/C7H14N4O2S/c1-6(7-9-3-4-10-7)11-14(12,13)5-2-8/h3-4,6,11H,2,5,8H2,1H3,(H,9,10). The molecular weight excluding hydrogens is 204 g/mol. The lowest BCUT2D eigenvalue weighted by Gasteiger charge is -2.10. The summed E-state index contributed by atoms with van der Waals surface area (Å²) in [5.41, 5.74) is 5.17. The van der Waals surface area contributed by atoms with Crippen molar-refractivity contribution in [1.29, 1.82) is 0 Å². The molecule has 80 valence electrons. The van der Waals surface area contributed by atoms with Gasteiger partial charge in [-0.25, -0.2) is 18.1 Å². The van der Waals surface area contributed by atoms with E-state index in [2.05, 4.69) is 14.7 Å². The van der Waals surface area contributed by atoms with Gasteiger partial charge in [0.1, 0.15) is 5.82 Å². The molecule has 1 aromatic heterocycles. The molecule has 0 bridgehead atoms. The Morgan fingerprint density at radius 2 is 2.43 bits per heavy atom. The summed E-state index contributed by atoms with van der Waals surface area (Å²) in [5, 5.41) is 0. The van der Waals surface area contributed by atoms with Crippen LogP contribution in [-0.4, -0.2) is 30.7 Å². The van der Waals surface area contributed by atoms with E-state index in [4.69, 9.17) is 5.73 Å². The van der Waals surface area contributed by atoms with Crippen molar-refractivity contribution in [3.8, 4) is 0 Å². The third kappa shape index (κ3) is 3.09. The van der Waals surface area contributed by atoms with Gasteiger partial charge in [-0.2, -0.15) is 0 Å². The summed E-state index contributed by atoms with van der Waals surface area (Å²) in [4.78, 5) is 6.78. The number of nitrogens with two attached hydrogens (primary N) is 1. The van der Waals surface area contributed by atoms with Crippen LogP contribution in [0.5, 0.6) is 0 Å². The summed E-state index contributed by atoms with van der Waals surface area (Å²) < 4.78 is 25.1. The van der Waals surface area contributed by atoms with Gasteiger partial charge in [-0.3, -0.25) is 0 Å². The summed E-state index contributed by atoms with van der Waals surface area (Å²) >= 11 is 0. The number of H-pyrrole nitrogens is 1. The zero-order chi connectivity index (χ0) is 10.6. The molecule has 0 aliphatic rings. The van der Waals surface area contributed by atoms with Gasteiger partial charge < -0.3 is 10.7 Å². The fourth-order valence-electron chi connectivity index (χ4n) is 1.05. The summed E-state index contributed by atoms with van der Waals surface area (Å²) in [6.07, 6.45) is 3.21. The highest BCUT2D eigenvalue weighted by molar-refractivity contribution is 7.89. The molecule has 0 aliphatic carbocycles. The van der Waals surface area contributed by atoms with Crippen LogP contribution in [0.15, 0.2) is 12.4 Å². The fraction of sp³-hybridized carbons (Fsp3) is 0.571. The van der Waals surface area contributed by atoms with E-state index < -0.39 is 10.0 Å². The maximum atomic E-state index is 11.3. The molecule has 1 heterocycles. The quantitative estimate of drug-likeness (QED) is 0.611. The van der Waals surface area contributed by atoms with Crippen LogP contribution in [0.1, 0.15) is 18.8 Å². The van der Waals surface area contributed by atoms with Crippen molar-refractivity contribution < 1.29 is 8.42 Å². The van der Waals surface area contributed by atoms with Crippen LogP contribution >= 0.6 is 0 Å². The normalized spacial score (nSPS) is 14.1. The molecule has 0 radical (unpaired) electrons. The molecule has 1 unspecified atom stereocenters. The van der Waals surface area contributed by atoms with E-state index >= 15 is 0 Å². The molecule has 0 aromatic carbocycles. The van der Waals surface area contributed by atoms with Gasteiger partial charge in [0.2, 0.25) is 10.0 Å². The molecule has 0 spiro atoms. The molecule has 14 heavy (non-hydrogen) atoms. The van der Waals surface area contributed by atoms with Crippen LogP contribution in [0.3, 0.4) is 0 Å². The predicted molar refractivity (Wildman–Crippen MR) is 53.0 cm³/mol. The number of hydrogen-bond donors (Lipinski definition) is 3. The molecule has 1 rings (SSSR count). The first-order chi connectivity index (χ1) is 6.55. The third-order valence-corrected chi connectivity index (χ3v) is 3.16. The first-order valence-corrected chi connectivity index (χ1v) is 5.90. The van der Waals surface area contributed by atoms with E-state index in [1.54, 1.807) is 19.3 Å². The third-order valence-electron chi connectivity index (χ3n) is 1.67. The van der Waals surface area contributed by atoms with E-state index in [-0.39, 0.29) is 18.3 Å². The molecule has 0 fully saturated rings. The molecule has 0 saturated heterocycles. The highest BCUT2D eigenvalue weighted by Crippen LogP contribution is 2.06. The van der Waals surface area contributed by atoms with Crippen molar-refractivity contribution in [3.05, 3.63) is 18.2 Å². The van der Waals surface area contributed by atoms with Gasteiger partial charge in [-0.1, -0.05) is 0 Å². The first kappa shape index (κ1) is 11.2. The van der Waals surface area contributed by atoms with Gasteiger partial charge in [0, 0.05) is 18.9 Å². The predicted octanol–water partition coefficient (Wildman–Crippen LogP) is -0.651. The fourth-order valence-corrected chi connectivity index (χ4v) is 2.13. The molecule has 7 heteroatoms. The lowest BCUT2D eigenvalue weighted by Crippen LogP contribution is -2.32. The van der Waals surface area contributed by atoms with Crippen molar-refractivity contribution in [2.45, 2.75) is 13.0 Å². The molecule has 0 amide bonds. The van der Waals surface area contributed by atoms with Crippen LogP contribution in [0.25, 0.3) is 0 Å². The Labute approximate surface area is 83.0 Å². The van der Waals surface area contributed by atoms with Crippen LogP contribution in [-0.2, 0) is 10.0 Å². The number of sulfonamides is 1. The minimum absolute atomic E-state index is 0.0714. The van der Waals surface area contributed by atoms with Crippen LogP contribution < -0.4 is 10.5 Å². The van der Waals surface area contributed by atoms with Crippen LogP contribution in [0.2, 0.25) is 0 Å². The molecular formula is C7H14N4O2S. The van der Waals surface area contributed by atoms with Gasteiger partial charge in [-0.05, 0) is 6.92 Å². The number of hydrogen-bond acceptors (Lipinski definition) is 4. The first-order valence-electron chi connectivity index (χ1n) is 4.24. The van der Waals surface area contributed by atoms with Crippen molar-refractivity contribution in [2.24, 2.45) is 5.73 Å². The van der Waals surface area contributed by atoms with E-state index in [1.807, 2.05) is 0 Å². The van der Waals surface area contributed by atoms with E-state index in [1.165, 1.54) is 0 Å². The second-order valence-corrected chi connectivity index (χ2v) is 4.79. The summed E-state index contributed by atoms with van der Waals surface area (Å²) in [7, 11) is -3.29. The Kier molecular flexibility index (Phi) is 3.62. The van der Waals surface area contributed by atoms with E-state index in [0.717, 1.165) is 0 Å². The highest BCUT2D eigenvalue weighted by Gasteiger charge is 2.15. The minimum atomic E-state index is -3.29. The van der Waals surface area contributed by atoms with Crippen molar-refractivity contribution in [2.75, 3.05) is 12.3 Å². The highest BCUT2D eigenvalue weighted by atomic mass is 32.2. The second-order valence-electron chi connectivity index (χ2n) is 2.92. The second kappa shape index (κ2) is 4.54. The minimum Gasteiger partial charge on any atom is -0.347 e. The largest absolute Gasteiger partial charge is 0.347 e. The Bertz CT molecular complexity index is 359. The summed E-state index contributed by atoms with van der Waals surface area (Å²) in [6, 6.07) is -0.360. The number of nitrogens with one attached hydrogen (secondary N) is 2. The van der Waals surface area contributed by atoms with Crippen LogP contribution in [0.4, 0.5) is 0 Å². The van der Waals surface area contributed by atoms with Gasteiger partial charge in [0.05, 0.1) is 11.8 Å². The maximum absolute atomic E-state index is 11.3. The molecule has 0 saturated carbocycles. The Morgan fingerprint density at radius 1 is 1.71 bits per heavy atom. The average Bonchev–Trinajstić information content (AvgIpc) is 2.53. The topological polar surface area (TPSA) is 101 Å². The molecule has 4 N–H and O–H groups in total. The Morgan fingerprint density at radius 3 is 2.93 bits per heavy atom. The van der Waals surface area contributed by atoms with Gasteiger partial charge in [0.25, 0.3) is 0 Å². The lowest BCUT2D eigenvalue weighted by atomic mass is 10.3. The number of imidazole rings is 1. The summed E-state index contributed by atoms with van der Waals surface area (Å²) in [6.45, 7) is 1.83. The monoisotopic (exact) mass is 218 g/mol. The number of aromatic amines is 1. The Hall–Kier alpha value is -0.920. The maximum Gasteiger partial charge on any atom is 0.213 e. The number of rotatable bonds is 5. The zero-order valence-corrected chi connectivity index (χ0v) is 8.71. The zero-order valence-electron chi connectivity index (χ0n) is 7.90. The van der Waals surface area contributed by atoms with Crippen LogP contribution in [0, 0.1) is 0 Å². The molecule has 0 aliphatic heterocycles. The molecule has 1 aromatic rings. The van der Waals surface area contributed by atoms with Gasteiger partial charge >= 0.3 is 0 Å². The smallest absolute Gasteiger partial charge is 0.213 e. The number of nitrogens with zero attached hydrogens (tertiary/aromatic N) is 1.